The van der Waals surface area contributed by atoms with Crippen molar-refractivity contribution in [2.75, 3.05) is 7.11 Å². The zero-order chi connectivity index (χ0) is 12.5. The summed E-state index contributed by atoms with van der Waals surface area (Å²) >= 11 is 1.73. The van der Waals surface area contributed by atoms with Crippen LogP contribution in [-0.2, 0) is 24.3 Å². The van der Waals surface area contributed by atoms with Crippen LogP contribution in [0.25, 0.3) is 0 Å². The summed E-state index contributed by atoms with van der Waals surface area (Å²) in [5.41, 5.74) is 9.63. The molecule has 4 heteroatoms. The number of rotatable bonds is 4. The third-order valence-electron chi connectivity index (χ3n) is 3.41. The molecule has 1 aromatic carbocycles. The number of methoxy groups -OCH3 is 1. The van der Waals surface area contributed by atoms with Crippen LogP contribution in [0.4, 0.5) is 0 Å². The summed E-state index contributed by atoms with van der Waals surface area (Å²) in [4.78, 5) is 5.85. The fraction of sp³-hybridized carbons (Fsp3) is 0.357. The highest BCUT2D eigenvalue weighted by Gasteiger charge is 2.30. The first kappa shape index (κ1) is 11.8. The summed E-state index contributed by atoms with van der Waals surface area (Å²) in [7, 11) is 1.69. The van der Waals surface area contributed by atoms with Crippen molar-refractivity contribution < 1.29 is 4.74 Å². The van der Waals surface area contributed by atoms with Crippen LogP contribution in [0.2, 0.25) is 0 Å². The number of hydrogen-bond donors (Lipinski definition) is 1. The van der Waals surface area contributed by atoms with Crippen molar-refractivity contribution in [3.63, 3.8) is 0 Å². The van der Waals surface area contributed by atoms with Crippen molar-refractivity contribution in [2.45, 2.75) is 25.5 Å². The Hall–Kier alpha value is -1.23. The largest absolute Gasteiger partial charge is 0.378 e. The van der Waals surface area contributed by atoms with Crippen LogP contribution >= 0.6 is 11.3 Å². The Labute approximate surface area is 111 Å². The Morgan fingerprint density at radius 2 is 2.28 bits per heavy atom. The van der Waals surface area contributed by atoms with Gasteiger partial charge in [0.1, 0.15) is 5.01 Å². The number of aromatic nitrogens is 1. The van der Waals surface area contributed by atoms with E-state index < -0.39 is 0 Å². The zero-order valence-electron chi connectivity index (χ0n) is 10.3. The molecule has 1 aliphatic rings. The van der Waals surface area contributed by atoms with E-state index in [9.17, 15) is 0 Å². The Morgan fingerprint density at radius 3 is 3.00 bits per heavy atom. The van der Waals surface area contributed by atoms with Gasteiger partial charge >= 0.3 is 0 Å². The fourth-order valence-electron chi connectivity index (χ4n) is 2.44. The molecule has 1 unspecified atom stereocenters. The normalized spacial score (nSPS) is 17.3. The van der Waals surface area contributed by atoms with Crippen molar-refractivity contribution in [1.82, 2.24) is 4.98 Å². The van der Waals surface area contributed by atoms with Crippen molar-refractivity contribution in [3.05, 3.63) is 51.0 Å². The molecule has 0 amide bonds. The number of hydrogen-bond acceptors (Lipinski definition) is 4. The monoisotopic (exact) mass is 260 g/mol. The molecule has 3 rings (SSSR count). The molecule has 0 bridgehead atoms. The topological polar surface area (TPSA) is 48.1 Å². The fourth-order valence-corrected chi connectivity index (χ4v) is 3.51. The smallest absolute Gasteiger partial charge is 0.101 e. The molecule has 1 heterocycles. The van der Waals surface area contributed by atoms with Gasteiger partial charge in [0, 0.05) is 24.4 Å². The molecule has 0 saturated heterocycles. The Kier molecular flexibility index (Phi) is 3.16. The van der Waals surface area contributed by atoms with Gasteiger partial charge in [0.15, 0.2) is 0 Å². The Morgan fingerprint density at radius 1 is 1.44 bits per heavy atom. The van der Waals surface area contributed by atoms with Gasteiger partial charge in [-0.05, 0) is 17.5 Å². The van der Waals surface area contributed by atoms with Gasteiger partial charge < -0.3 is 10.5 Å². The minimum absolute atomic E-state index is 0.460. The molecule has 1 atom stereocenters. The molecule has 0 aliphatic heterocycles. The number of fused-ring (bicyclic) bond motifs is 1. The molecule has 0 saturated carbocycles. The van der Waals surface area contributed by atoms with Crippen molar-refractivity contribution in [1.29, 1.82) is 0 Å². The quantitative estimate of drug-likeness (QED) is 0.918. The van der Waals surface area contributed by atoms with Crippen LogP contribution in [0.5, 0.6) is 0 Å². The minimum Gasteiger partial charge on any atom is -0.378 e. The molecular weight excluding hydrogens is 244 g/mol. The molecule has 0 fully saturated rings. The first-order valence-electron chi connectivity index (χ1n) is 6.08. The third-order valence-corrected chi connectivity index (χ3v) is 4.65. The van der Waals surface area contributed by atoms with Crippen LogP contribution < -0.4 is 5.73 Å². The van der Waals surface area contributed by atoms with Crippen LogP contribution in [0.3, 0.4) is 0 Å². The van der Waals surface area contributed by atoms with E-state index in [1.165, 1.54) is 16.1 Å². The summed E-state index contributed by atoms with van der Waals surface area (Å²) < 4.78 is 5.17. The van der Waals surface area contributed by atoms with E-state index in [4.69, 9.17) is 15.5 Å². The first-order valence-corrected chi connectivity index (χ1v) is 6.90. The summed E-state index contributed by atoms with van der Waals surface area (Å²) in [6.07, 6.45) is 1.10. The van der Waals surface area contributed by atoms with Gasteiger partial charge in [0.2, 0.25) is 0 Å². The maximum atomic E-state index is 5.76. The molecule has 94 valence electrons. The molecule has 2 aromatic rings. The van der Waals surface area contributed by atoms with Gasteiger partial charge in [-0.3, -0.25) is 0 Å². The van der Waals surface area contributed by atoms with Crippen LogP contribution in [0, 0.1) is 0 Å². The Bertz CT molecular complexity index is 565. The van der Waals surface area contributed by atoms with Gasteiger partial charge in [-0.15, -0.1) is 11.3 Å². The standard InChI is InChI=1S/C14H16N2OS/c1-17-8-12-13(7-15)18-14(16-12)11-6-9-4-2-3-5-10(9)11/h2-5,11H,6-8,15H2,1H3. The number of nitrogens with zero attached hydrogens (tertiary/aromatic N) is 1. The van der Waals surface area contributed by atoms with Gasteiger partial charge in [-0.2, -0.15) is 0 Å². The van der Waals surface area contributed by atoms with E-state index in [1.54, 1.807) is 18.4 Å². The van der Waals surface area contributed by atoms with Gasteiger partial charge in [0.25, 0.3) is 0 Å². The van der Waals surface area contributed by atoms with Gasteiger partial charge in [-0.25, -0.2) is 4.98 Å². The lowest BCUT2D eigenvalue weighted by molar-refractivity contribution is 0.181. The summed E-state index contributed by atoms with van der Waals surface area (Å²) in [5, 5.41) is 1.18. The van der Waals surface area contributed by atoms with Gasteiger partial charge in [0.05, 0.1) is 12.3 Å². The van der Waals surface area contributed by atoms with Crippen molar-refractivity contribution in [3.8, 4) is 0 Å². The SMILES string of the molecule is COCc1nc(C2Cc3ccccc32)sc1CN. The highest BCUT2D eigenvalue weighted by Crippen LogP contribution is 2.41. The van der Waals surface area contributed by atoms with Crippen molar-refractivity contribution in [2.24, 2.45) is 5.73 Å². The van der Waals surface area contributed by atoms with E-state index in [0.717, 1.165) is 17.0 Å². The van der Waals surface area contributed by atoms with Crippen LogP contribution in [-0.4, -0.2) is 12.1 Å². The highest BCUT2D eigenvalue weighted by atomic mass is 32.1. The summed E-state index contributed by atoms with van der Waals surface area (Å²) in [6, 6.07) is 8.58. The second-order valence-electron chi connectivity index (χ2n) is 4.51. The summed E-state index contributed by atoms with van der Waals surface area (Å²) in [5.74, 6) is 0.460. The van der Waals surface area contributed by atoms with E-state index in [0.29, 0.717) is 19.1 Å². The number of nitrogens with two attached hydrogens (primary N) is 1. The number of thiazole rings is 1. The van der Waals surface area contributed by atoms with Crippen LogP contribution in [0.15, 0.2) is 24.3 Å². The molecule has 1 aliphatic carbocycles. The second-order valence-corrected chi connectivity index (χ2v) is 5.63. The maximum Gasteiger partial charge on any atom is 0.101 e. The Balaban J connectivity index is 1.91. The van der Waals surface area contributed by atoms with Crippen molar-refractivity contribution >= 4 is 11.3 Å². The lowest BCUT2D eigenvalue weighted by atomic mass is 9.78. The minimum atomic E-state index is 0.460. The highest BCUT2D eigenvalue weighted by molar-refractivity contribution is 7.11. The summed E-state index contributed by atoms with van der Waals surface area (Å²) in [6.45, 7) is 1.10. The molecule has 3 nitrogen and oxygen atoms in total. The van der Waals surface area contributed by atoms with Gasteiger partial charge in [-0.1, -0.05) is 24.3 Å². The predicted octanol–water partition coefficient (Wildman–Crippen LogP) is 2.44. The number of ether oxygens (including phenoxy) is 1. The van der Waals surface area contributed by atoms with Crippen LogP contribution in [0.1, 0.15) is 32.6 Å². The molecule has 2 N–H and O–H groups in total. The predicted molar refractivity (Wildman–Crippen MR) is 72.7 cm³/mol. The second kappa shape index (κ2) is 4.80. The average Bonchev–Trinajstić information content (AvgIpc) is 2.74. The average molecular weight is 260 g/mol. The molecule has 0 spiro atoms. The zero-order valence-corrected chi connectivity index (χ0v) is 11.2. The number of benzene rings is 1. The molecule has 1 aromatic heterocycles. The lowest BCUT2D eigenvalue weighted by Crippen LogP contribution is -2.17. The first-order chi connectivity index (χ1) is 8.83. The van der Waals surface area contributed by atoms with E-state index in [2.05, 4.69) is 24.3 Å². The molecular formula is C14H16N2OS. The van der Waals surface area contributed by atoms with E-state index in [1.807, 2.05) is 0 Å². The maximum absolute atomic E-state index is 5.76. The third kappa shape index (κ3) is 1.86. The van der Waals surface area contributed by atoms with E-state index in [-0.39, 0.29) is 0 Å². The molecule has 0 radical (unpaired) electrons. The lowest BCUT2D eigenvalue weighted by Gasteiger charge is -2.28. The van der Waals surface area contributed by atoms with E-state index >= 15 is 0 Å². The molecule has 18 heavy (non-hydrogen) atoms.